The van der Waals surface area contributed by atoms with Crippen LogP contribution in [0.5, 0.6) is 0 Å². The van der Waals surface area contributed by atoms with Crippen LogP contribution in [0, 0.1) is 5.41 Å². The molecule has 2 fully saturated rings. The molecule has 1 saturated heterocycles. The first-order valence-electron chi connectivity index (χ1n) is 7.79. The van der Waals surface area contributed by atoms with E-state index in [1.54, 1.807) is 0 Å². The van der Waals surface area contributed by atoms with Crippen LogP contribution in [0.3, 0.4) is 0 Å². The molecule has 3 nitrogen and oxygen atoms in total. The molecule has 1 aromatic rings. The molecule has 0 atom stereocenters. The van der Waals surface area contributed by atoms with Crippen LogP contribution in [0.4, 0.5) is 0 Å². The highest BCUT2D eigenvalue weighted by Gasteiger charge is 2.51. The monoisotopic (exact) mass is 306 g/mol. The normalized spacial score (nSPS) is 22.6. The lowest BCUT2D eigenvalue weighted by atomic mass is 9.81. The highest BCUT2D eigenvalue weighted by Crippen LogP contribution is 2.48. The van der Waals surface area contributed by atoms with Crippen molar-refractivity contribution in [1.29, 1.82) is 0 Å². The highest BCUT2D eigenvalue weighted by atomic mass is 35.5. The molecule has 3 rings (SSSR count). The smallest absolute Gasteiger partial charge is 0.230 e. The Kier molecular flexibility index (Phi) is 3.98. The van der Waals surface area contributed by atoms with Crippen LogP contribution in [0.1, 0.15) is 38.2 Å². The third kappa shape index (κ3) is 3.09. The van der Waals surface area contributed by atoms with E-state index in [4.69, 9.17) is 11.6 Å². The molecule has 0 aromatic heterocycles. The molecule has 1 aliphatic heterocycles. The fraction of sp³-hybridized carbons (Fsp3) is 0.588. The summed E-state index contributed by atoms with van der Waals surface area (Å²) in [6.45, 7) is 5.15. The van der Waals surface area contributed by atoms with Crippen molar-refractivity contribution >= 4 is 17.5 Å². The molecule has 1 heterocycles. The lowest BCUT2D eigenvalue weighted by Crippen LogP contribution is -2.45. The Hall–Kier alpha value is -1.06. The molecule has 4 heteroatoms. The maximum atomic E-state index is 12.6. The molecule has 1 aromatic carbocycles. The summed E-state index contributed by atoms with van der Waals surface area (Å²) in [4.78, 5) is 12.6. The molecule has 0 unspecified atom stereocenters. The quantitative estimate of drug-likeness (QED) is 0.898. The largest absolute Gasteiger partial charge is 0.355 e. The van der Waals surface area contributed by atoms with Crippen molar-refractivity contribution in [3.05, 3.63) is 34.9 Å². The Morgan fingerprint density at radius 1 is 1.19 bits per heavy atom. The number of piperidine rings is 1. The molecule has 2 N–H and O–H groups in total. The van der Waals surface area contributed by atoms with E-state index in [1.807, 2.05) is 24.3 Å². The zero-order valence-electron chi connectivity index (χ0n) is 12.5. The van der Waals surface area contributed by atoms with E-state index in [1.165, 1.54) is 0 Å². The molecule has 21 heavy (non-hydrogen) atoms. The second-order valence-electron chi connectivity index (χ2n) is 6.83. The number of nitrogens with one attached hydrogen (secondary N) is 2. The van der Waals surface area contributed by atoms with E-state index >= 15 is 0 Å². The van der Waals surface area contributed by atoms with Crippen molar-refractivity contribution in [2.45, 2.75) is 38.0 Å². The molecule has 0 spiro atoms. The standard InChI is InChI=1S/C17H23ClN2O/c1-16(8-10-19-11-9-16)12-20-15(21)17(6-7-17)13-2-4-14(18)5-3-13/h2-5,19H,6-12H2,1H3,(H,20,21). The Bertz CT molecular complexity index is 516. The van der Waals surface area contributed by atoms with Crippen LogP contribution < -0.4 is 10.6 Å². The van der Waals surface area contributed by atoms with Gasteiger partial charge >= 0.3 is 0 Å². The van der Waals surface area contributed by atoms with E-state index in [-0.39, 0.29) is 16.7 Å². The van der Waals surface area contributed by atoms with Crippen molar-refractivity contribution in [3.63, 3.8) is 0 Å². The minimum atomic E-state index is -0.298. The number of hydrogen-bond donors (Lipinski definition) is 2. The van der Waals surface area contributed by atoms with E-state index in [2.05, 4.69) is 17.6 Å². The molecule has 1 saturated carbocycles. The van der Waals surface area contributed by atoms with Gasteiger partial charge in [0.2, 0.25) is 5.91 Å². The first-order chi connectivity index (χ1) is 10.0. The Labute approximate surface area is 131 Å². The van der Waals surface area contributed by atoms with Crippen LogP contribution >= 0.6 is 11.6 Å². The minimum Gasteiger partial charge on any atom is -0.355 e. The van der Waals surface area contributed by atoms with Gasteiger partial charge in [-0.3, -0.25) is 4.79 Å². The van der Waals surface area contributed by atoms with Gasteiger partial charge < -0.3 is 10.6 Å². The van der Waals surface area contributed by atoms with Crippen molar-refractivity contribution in [2.75, 3.05) is 19.6 Å². The summed E-state index contributed by atoms with van der Waals surface area (Å²) in [6, 6.07) is 7.72. The maximum absolute atomic E-state index is 12.6. The summed E-state index contributed by atoms with van der Waals surface area (Å²) >= 11 is 5.94. The summed E-state index contributed by atoms with van der Waals surface area (Å²) in [7, 11) is 0. The molecular weight excluding hydrogens is 284 g/mol. The number of carbonyl (C=O) groups is 1. The minimum absolute atomic E-state index is 0.185. The lowest BCUT2D eigenvalue weighted by Gasteiger charge is -2.34. The number of rotatable bonds is 4. The van der Waals surface area contributed by atoms with Gasteiger partial charge in [-0.1, -0.05) is 30.7 Å². The van der Waals surface area contributed by atoms with Gasteiger partial charge in [-0.25, -0.2) is 0 Å². The summed E-state index contributed by atoms with van der Waals surface area (Å²) in [5.41, 5.74) is 1.03. The summed E-state index contributed by atoms with van der Waals surface area (Å²) in [6.07, 6.45) is 4.14. The van der Waals surface area contributed by atoms with Gasteiger partial charge in [0.1, 0.15) is 0 Å². The number of carbonyl (C=O) groups excluding carboxylic acids is 1. The SMILES string of the molecule is CC1(CNC(=O)C2(c3ccc(Cl)cc3)CC2)CCNCC1. The first kappa shape index (κ1) is 14.9. The van der Waals surface area contributed by atoms with Gasteiger partial charge in [-0.05, 0) is 61.9 Å². The van der Waals surface area contributed by atoms with Gasteiger partial charge in [-0.15, -0.1) is 0 Å². The fourth-order valence-corrected chi connectivity index (χ4v) is 3.34. The van der Waals surface area contributed by atoms with Crippen LogP contribution in [0.25, 0.3) is 0 Å². The second-order valence-corrected chi connectivity index (χ2v) is 7.27. The van der Waals surface area contributed by atoms with E-state index in [9.17, 15) is 4.79 Å². The molecule has 2 aliphatic rings. The number of benzene rings is 1. The maximum Gasteiger partial charge on any atom is 0.230 e. The third-order valence-electron chi connectivity index (χ3n) is 5.07. The van der Waals surface area contributed by atoms with E-state index < -0.39 is 0 Å². The topological polar surface area (TPSA) is 41.1 Å². The number of amides is 1. The highest BCUT2D eigenvalue weighted by molar-refractivity contribution is 6.30. The van der Waals surface area contributed by atoms with E-state index in [0.717, 1.165) is 55.9 Å². The van der Waals surface area contributed by atoms with Crippen molar-refractivity contribution in [2.24, 2.45) is 5.41 Å². The van der Waals surface area contributed by atoms with Crippen molar-refractivity contribution < 1.29 is 4.79 Å². The third-order valence-corrected chi connectivity index (χ3v) is 5.32. The van der Waals surface area contributed by atoms with Crippen LogP contribution in [-0.2, 0) is 10.2 Å². The van der Waals surface area contributed by atoms with Gasteiger partial charge in [-0.2, -0.15) is 0 Å². The molecule has 0 bridgehead atoms. The molecule has 1 amide bonds. The van der Waals surface area contributed by atoms with Crippen LogP contribution in [0.2, 0.25) is 5.02 Å². The van der Waals surface area contributed by atoms with Crippen LogP contribution in [0.15, 0.2) is 24.3 Å². The molecule has 1 aliphatic carbocycles. The molecular formula is C17H23ClN2O. The van der Waals surface area contributed by atoms with E-state index in [0.29, 0.717) is 0 Å². The van der Waals surface area contributed by atoms with Gasteiger partial charge in [0, 0.05) is 11.6 Å². The lowest BCUT2D eigenvalue weighted by molar-refractivity contribution is -0.124. The van der Waals surface area contributed by atoms with Gasteiger partial charge in [0.05, 0.1) is 5.41 Å². The zero-order valence-corrected chi connectivity index (χ0v) is 13.3. The second kappa shape index (κ2) is 5.62. The number of hydrogen-bond acceptors (Lipinski definition) is 2. The van der Waals surface area contributed by atoms with Gasteiger partial charge in [0.15, 0.2) is 0 Å². The zero-order chi connectivity index (χ0) is 14.9. The average Bonchev–Trinajstić information content (AvgIpc) is 3.28. The predicted molar refractivity (Wildman–Crippen MR) is 85.6 cm³/mol. The average molecular weight is 307 g/mol. The Balaban J connectivity index is 1.63. The number of halogens is 1. The Morgan fingerprint density at radius 2 is 1.81 bits per heavy atom. The first-order valence-corrected chi connectivity index (χ1v) is 8.17. The molecule has 0 radical (unpaired) electrons. The Morgan fingerprint density at radius 3 is 2.38 bits per heavy atom. The van der Waals surface area contributed by atoms with Gasteiger partial charge in [0.25, 0.3) is 0 Å². The summed E-state index contributed by atoms with van der Waals surface area (Å²) in [5.74, 6) is 0.185. The molecule has 114 valence electrons. The summed E-state index contributed by atoms with van der Waals surface area (Å²) in [5, 5.41) is 7.30. The van der Waals surface area contributed by atoms with Crippen molar-refractivity contribution in [1.82, 2.24) is 10.6 Å². The summed E-state index contributed by atoms with van der Waals surface area (Å²) < 4.78 is 0. The van der Waals surface area contributed by atoms with Crippen molar-refractivity contribution in [3.8, 4) is 0 Å². The fourth-order valence-electron chi connectivity index (χ4n) is 3.21. The predicted octanol–water partition coefficient (Wildman–Crippen LogP) is 2.88. The van der Waals surface area contributed by atoms with Crippen LogP contribution in [-0.4, -0.2) is 25.5 Å².